The summed E-state index contributed by atoms with van der Waals surface area (Å²) in [5, 5.41) is 9.95. The van der Waals surface area contributed by atoms with Gasteiger partial charge in [-0.3, -0.25) is 4.98 Å². The fraction of sp³-hybridized carbons (Fsp3) is 0.214. The summed E-state index contributed by atoms with van der Waals surface area (Å²) >= 11 is 2.98. The summed E-state index contributed by atoms with van der Waals surface area (Å²) < 4.78 is 27.5. The van der Waals surface area contributed by atoms with Gasteiger partial charge in [0.25, 0.3) is 0 Å². The van der Waals surface area contributed by atoms with E-state index in [4.69, 9.17) is 0 Å². The largest absolute Gasteiger partial charge is 0.388 e. The van der Waals surface area contributed by atoms with E-state index in [1.165, 1.54) is 6.07 Å². The monoisotopic (exact) mass is 327 g/mol. The van der Waals surface area contributed by atoms with Crippen LogP contribution in [-0.2, 0) is 6.42 Å². The number of hydrogen-bond acceptors (Lipinski definition) is 2. The van der Waals surface area contributed by atoms with Gasteiger partial charge in [-0.25, -0.2) is 8.78 Å². The van der Waals surface area contributed by atoms with Crippen LogP contribution in [0.2, 0.25) is 0 Å². The molecule has 0 bridgehead atoms. The first-order valence-corrected chi connectivity index (χ1v) is 6.59. The van der Waals surface area contributed by atoms with Crippen LogP contribution in [0.25, 0.3) is 0 Å². The topological polar surface area (TPSA) is 33.1 Å². The summed E-state index contributed by atoms with van der Waals surface area (Å²) in [5.74, 6) is -1.49. The second kappa shape index (κ2) is 6.21. The van der Waals surface area contributed by atoms with E-state index in [1.807, 2.05) is 6.07 Å². The van der Waals surface area contributed by atoms with Crippen LogP contribution < -0.4 is 0 Å². The molecular weight excluding hydrogens is 316 g/mol. The Morgan fingerprint density at radius 3 is 2.74 bits per heavy atom. The smallest absolute Gasteiger partial charge is 0.146 e. The third-order valence-corrected chi connectivity index (χ3v) is 3.45. The molecule has 0 aliphatic rings. The zero-order chi connectivity index (χ0) is 13.8. The van der Waals surface area contributed by atoms with Crippen molar-refractivity contribution < 1.29 is 13.9 Å². The quantitative estimate of drug-likeness (QED) is 0.867. The molecule has 1 N–H and O–H groups in total. The van der Waals surface area contributed by atoms with Crippen LogP contribution in [0.5, 0.6) is 0 Å². The molecule has 0 aliphatic carbocycles. The normalized spacial score (nSPS) is 12.4. The molecular formula is C14H12BrF2NO. The minimum absolute atomic E-state index is 0.143. The number of benzene rings is 1. The van der Waals surface area contributed by atoms with Crippen molar-refractivity contribution in [2.75, 3.05) is 0 Å². The van der Waals surface area contributed by atoms with Crippen molar-refractivity contribution in [1.82, 2.24) is 4.98 Å². The fourth-order valence-electron chi connectivity index (χ4n) is 1.84. The Labute approximate surface area is 118 Å². The molecule has 2 nitrogen and oxygen atoms in total. The molecule has 1 atom stereocenters. The third kappa shape index (κ3) is 3.36. The Morgan fingerprint density at radius 2 is 2.05 bits per heavy atom. The number of rotatable bonds is 4. The lowest BCUT2D eigenvalue weighted by molar-refractivity contribution is 0.158. The standard InChI is InChI=1S/C14H12BrF2NO/c15-10-4-5-11(16)13(14(10)17)12(19)6-3-9-2-1-7-18-8-9/h1-2,4-5,7-8,12,19H,3,6H2. The van der Waals surface area contributed by atoms with Crippen molar-refractivity contribution in [2.24, 2.45) is 0 Å². The lowest BCUT2D eigenvalue weighted by Gasteiger charge is -2.13. The van der Waals surface area contributed by atoms with E-state index in [9.17, 15) is 13.9 Å². The summed E-state index contributed by atoms with van der Waals surface area (Å²) in [5.41, 5.74) is 0.621. The number of nitrogens with zero attached hydrogens (tertiary/aromatic N) is 1. The molecule has 1 aromatic heterocycles. The molecule has 1 unspecified atom stereocenters. The minimum Gasteiger partial charge on any atom is -0.388 e. The average Bonchev–Trinajstić information content (AvgIpc) is 2.42. The molecule has 0 aliphatic heterocycles. The summed E-state index contributed by atoms with van der Waals surface area (Å²) in [6.45, 7) is 0. The highest BCUT2D eigenvalue weighted by Gasteiger charge is 2.19. The van der Waals surface area contributed by atoms with Gasteiger partial charge in [0.1, 0.15) is 11.6 Å². The molecule has 0 saturated heterocycles. The first-order valence-electron chi connectivity index (χ1n) is 5.80. The molecule has 100 valence electrons. The lowest BCUT2D eigenvalue weighted by Crippen LogP contribution is -2.06. The molecule has 1 heterocycles. The van der Waals surface area contributed by atoms with E-state index in [1.54, 1.807) is 18.5 Å². The third-order valence-electron chi connectivity index (χ3n) is 2.84. The zero-order valence-electron chi connectivity index (χ0n) is 9.98. The lowest BCUT2D eigenvalue weighted by atomic mass is 10.0. The van der Waals surface area contributed by atoms with Crippen molar-refractivity contribution in [3.05, 3.63) is 63.9 Å². The average molecular weight is 328 g/mol. The van der Waals surface area contributed by atoms with Crippen LogP contribution in [0.1, 0.15) is 23.7 Å². The van der Waals surface area contributed by atoms with Crippen molar-refractivity contribution in [3.63, 3.8) is 0 Å². The van der Waals surface area contributed by atoms with Gasteiger partial charge >= 0.3 is 0 Å². The first kappa shape index (κ1) is 14.1. The number of hydrogen-bond donors (Lipinski definition) is 1. The summed E-state index contributed by atoms with van der Waals surface area (Å²) in [6, 6.07) is 6.05. The predicted octanol–water partition coefficient (Wildman–Crippen LogP) is 3.79. The Hall–Kier alpha value is -1.33. The number of aliphatic hydroxyl groups is 1. The van der Waals surface area contributed by atoms with Gasteiger partial charge in [0.05, 0.1) is 16.1 Å². The zero-order valence-corrected chi connectivity index (χ0v) is 11.6. The second-order valence-corrected chi connectivity index (χ2v) is 5.03. The molecule has 0 fully saturated rings. The van der Waals surface area contributed by atoms with Crippen LogP contribution in [0.15, 0.2) is 41.1 Å². The Bertz CT molecular complexity index is 563. The van der Waals surface area contributed by atoms with Crippen molar-refractivity contribution >= 4 is 15.9 Å². The molecule has 19 heavy (non-hydrogen) atoms. The maximum Gasteiger partial charge on any atom is 0.146 e. The molecule has 5 heteroatoms. The van der Waals surface area contributed by atoms with Crippen LogP contribution in [-0.4, -0.2) is 10.1 Å². The highest BCUT2D eigenvalue weighted by molar-refractivity contribution is 9.10. The molecule has 2 rings (SSSR count). The predicted molar refractivity (Wildman–Crippen MR) is 71.6 cm³/mol. The van der Waals surface area contributed by atoms with Crippen molar-refractivity contribution in [2.45, 2.75) is 18.9 Å². The fourth-order valence-corrected chi connectivity index (χ4v) is 2.19. The molecule has 2 aromatic rings. The first-order chi connectivity index (χ1) is 9.09. The van der Waals surface area contributed by atoms with Crippen LogP contribution >= 0.6 is 15.9 Å². The molecule has 1 aromatic carbocycles. The van der Waals surface area contributed by atoms with Crippen LogP contribution in [0, 0.1) is 11.6 Å². The van der Waals surface area contributed by atoms with E-state index < -0.39 is 17.7 Å². The maximum absolute atomic E-state index is 13.8. The van der Waals surface area contributed by atoms with Gasteiger partial charge in [-0.15, -0.1) is 0 Å². The molecule has 0 amide bonds. The van der Waals surface area contributed by atoms with Crippen molar-refractivity contribution in [1.29, 1.82) is 0 Å². The van der Waals surface area contributed by atoms with Gasteiger partial charge in [-0.1, -0.05) is 6.07 Å². The van der Waals surface area contributed by atoms with E-state index in [2.05, 4.69) is 20.9 Å². The number of pyridine rings is 1. The number of aryl methyl sites for hydroxylation is 1. The van der Waals surface area contributed by atoms with Gasteiger partial charge in [0.15, 0.2) is 0 Å². The summed E-state index contributed by atoms with van der Waals surface area (Å²) in [4.78, 5) is 3.95. The SMILES string of the molecule is OC(CCc1cccnc1)c1c(F)ccc(Br)c1F. The highest BCUT2D eigenvalue weighted by atomic mass is 79.9. The van der Waals surface area contributed by atoms with E-state index >= 15 is 0 Å². The van der Waals surface area contributed by atoms with E-state index in [0.717, 1.165) is 11.6 Å². The van der Waals surface area contributed by atoms with E-state index in [-0.39, 0.29) is 16.5 Å². The van der Waals surface area contributed by atoms with Crippen molar-refractivity contribution in [3.8, 4) is 0 Å². The van der Waals surface area contributed by atoms with E-state index in [0.29, 0.717) is 6.42 Å². The second-order valence-electron chi connectivity index (χ2n) is 4.17. The highest BCUT2D eigenvalue weighted by Crippen LogP contribution is 2.29. The number of aliphatic hydroxyl groups excluding tert-OH is 1. The van der Waals surface area contributed by atoms with Gasteiger partial charge in [-0.2, -0.15) is 0 Å². The number of aromatic nitrogens is 1. The molecule has 0 saturated carbocycles. The van der Waals surface area contributed by atoms with Gasteiger partial charge in [0, 0.05) is 12.4 Å². The molecule has 0 spiro atoms. The van der Waals surface area contributed by atoms with Gasteiger partial charge in [0.2, 0.25) is 0 Å². The van der Waals surface area contributed by atoms with Crippen LogP contribution in [0.3, 0.4) is 0 Å². The summed E-state index contributed by atoms with van der Waals surface area (Å²) in [6.07, 6.45) is 2.86. The van der Waals surface area contributed by atoms with Gasteiger partial charge < -0.3 is 5.11 Å². The minimum atomic E-state index is -1.18. The maximum atomic E-state index is 13.8. The molecule has 0 radical (unpaired) electrons. The Kier molecular flexibility index (Phi) is 4.61. The van der Waals surface area contributed by atoms with Crippen LogP contribution in [0.4, 0.5) is 8.78 Å². The Morgan fingerprint density at radius 1 is 1.26 bits per heavy atom. The van der Waals surface area contributed by atoms with Gasteiger partial charge in [-0.05, 0) is 52.5 Å². The number of halogens is 3. The summed E-state index contributed by atoms with van der Waals surface area (Å²) in [7, 11) is 0. The Balaban J connectivity index is 2.12.